The third-order valence-corrected chi connectivity index (χ3v) is 3.41. The molecule has 0 aliphatic heterocycles. The number of nitrogens with two attached hydrogens (primary N) is 1. The van der Waals surface area contributed by atoms with Gasteiger partial charge in [-0.05, 0) is 66.8 Å². The van der Waals surface area contributed by atoms with Crippen molar-refractivity contribution in [3.63, 3.8) is 0 Å². The van der Waals surface area contributed by atoms with E-state index in [1.165, 1.54) is 37.8 Å². The van der Waals surface area contributed by atoms with Gasteiger partial charge in [-0.2, -0.15) is 0 Å². The molecule has 1 heterocycles. The van der Waals surface area contributed by atoms with E-state index in [9.17, 15) is 9.59 Å². The molecule has 0 atom stereocenters. The van der Waals surface area contributed by atoms with Gasteiger partial charge in [-0.25, -0.2) is 0 Å². The lowest BCUT2D eigenvalue weighted by atomic mass is 10.1. The lowest BCUT2D eigenvalue weighted by Crippen LogP contribution is -2.01. The number of carbonyl (C=O) groups is 2. The number of ketones is 2. The van der Waals surface area contributed by atoms with Crippen molar-refractivity contribution < 1.29 is 18.7 Å². The van der Waals surface area contributed by atoms with Gasteiger partial charge in [0.1, 0.15) is 11.5 Å². The van der Waals surface area contributed by atoms with Crippen LogP contribution in [0.4, 0.5) is 0 Å². The summed E-state index contributed by atoms with van der Waals surface area (Å²) in [5.74, 6) is 0.521. The van der Waals surface area contributed by atoms with Gasteiger partial charge in [-0.1, -0.05) is 30.9 Å². The molecule has 0 aliphatic rings. The predicted molar refractivity (Wildman–Crippen MR) is 112 cm³/mol. The summed E-state index contributed by atoms with van der Waals surface area (Å²) in [5, 5.41) is 0. The Morgan fingerprint density at radius 1 is 1.21 bits per heavy atom. The Morgan fingerprint density at radius 3 is 2.64 bits per heavy atom. The van der Waals surface area contributed by atoms with Crippen molar-refractivity contribution in [1.82, 2.24) is 0 Å². The predicted octanol–water partition coefficient (Wildman–Crippen LogP) is 4.44. The maximum atomic E-state index is 11.9. The highest BCUT2D eigenvalue weighted by Crippen LogP contribution is 2.10. The van der Waals surface area contributed by atoms with E-state index in [-0.39, 0.29) is 18.0 Å². The van der Waals surface area contributed by atoms with Crippen LogP contribution in [0.1, 0.15) is 18.6 Å². The third-order valence-electron chi connectivity index (χ3n) is 3.41. The quantitative estimate of drug-likeness (QED) is 0.251. The average molecular weight is 379 g/mol. The molecule has 0 saturated carbocycles. The van der Waals surface area contributed by atoms with Crippen LogP contribution in [-0.4, -0.2) is 18.7 Å². The van der Waals surface area contributed by atoms with Gasteiger partial charge in [0, 0.05) is 0 Å². The highest BCUT2D eigenvalue weighted by Gasteiger charge is 2.03. The zero-order valence-electron chi connectivity index (χ0n) is 15.9. The number of methoxy groups -OCH3 is 1. The number of carbonyl (C=O) groups excluding carboxylic acids is 2. The maximum absolute atomic E-state index is 11.9. The second kappa shape index (κ2) is 13.6. The largest absolute Gasteiger partial charge is 0.497 e. The molecule has 0 aliphatic carbocycles. The van der Waals surface area contributed by atoms with Gasteiger partial charge in [-0.3, -0.25) is 9.59 Å². The van der Waals surface area contributed by atoms with E-state index in [0.717, 1.165) is 5.57 Å². The molecule has 1 rings (SSSR count). The Kier molecular flexibility index (Phi) is 10.9. The van der Waals surface area contributed by atoms with E-state index < -0.39 is 0 Å². The molecule has 0 fully saturated rings. The smallest absolute Gasteiger partial charge is 0.163 e. The highest BCUT2D eigenvalue weighted by molar-refractivity contribution is 6.09. The summed E-state index contributed by atoms with van der Waals surface area (Å²) in [7, 11) is 1.54. The second-order valence-corrected chi connectivity index (χ2v) is 5.53. The van der Waals surface area contributed by atoms with Gasteiger partial charge >= 0.3 is 0 Å². The minimum atomic E-state index is -0.301. The molecule has 146 valence electrons. The first-order valence-corrected chi connectivity index (χ1v) is 8.65. The monoisotopic (exact) mass is 379 g/mol. The fourth-order valence-electron chi connectivity index (χ4n) is 2.01. The Balaban J connectivity index is 2.62. The van der Waals surface area contributed by atoms with Gasteiger partial charge < -0.3 is 14.9 Å². The average Bonchev–Trinajstić information content (AvgIpc) is 3.21. The Morgan fingerprint density at radius 2 is 2.00 bits per heavy atom. The van der Waals surface area contributed by atoms with Crippen LogP contribution in [0.25, 0.3) is 6.08 Å². The molecule has 1 aromatic rings. The summed E-state index contributed by atoms with van der Waals surface area (Å²) in [6.07, 6.45) is 19.8. The van der Waals surface area contributed by atoms with E-state index >= 15 is 0 Å². The lowest BCUT2D eigenvalue weighted by molar-refractivity contribution is -0.121. The van der Waals surface area contributed by atoms with E-state index in [4.69, 9.17) is 14.9 Å². The van der Waals surface area contributed by atoms with E-state index in [2.05, 4.69) is 6.58 Å². The van der Waals surface area contributed by atoms with Crippen LogP contribution in [0.3, 0.4) is 0 Å². The van der Waals surface area contributed by atoms with E-state index in [1.807, 2.05) is 18.2 Å². The van der Waals surface area contributed by atoms with Crippen LogP contribution in [0.2, 0.25) is 0 Å². The topological polar surface area (TPSA) is 82.5 Å². The summed E-state index contributed by atoms with van der Waals surface area (Å²) in [5.41, 5.74) is 6.21. The first kappa shape index (κ1) is 22.4. The second-order valence-electron chi connectivity index (χ2n) is 5.53. The van der Waals surface area contributed by atoms with Gasteiger partial charge in [0.2, 0.25) is 0 Å². The minimum absolute atomic E-state index is 0.211. The third kappa shape index (κ3) is 9.77. The van der Waals surface area contributed by atoms with Crippen molar-refractivity contribution in [2.24, 2.45) is 5.73 Å². The Hall–Kier alpha value is -3.60. The number of rotatable bonds is 12. The standard InChI is InChI=1S/C23H25NO4/c1-3-19(9-5-4-6-15-24)17-23(27-2)11-7-10-20(25)18-21(26)13-14-22-12-8-16-28-22/h3-8,10-17H,1,9,18,24H2,2H3/b5-4-,10-7+,14-13+,15-6-,19-17+,23-11-. The fourth-order valence-corrected chi connectivity index (χ4v) is 2.01. The molecule has 0 spiro atoms. The fraction of sp³-hybridized carbons (Fsp3) is 0.130. The highest BCUT2D eigenvalue weighted by atomic mass is 16.5. The van der Waals surface area contributed by atoms with Crippen molar-refractivity contribution in [1.29, 1.82) is 0 Å². The maximum Gasteiger partial charge on any atom is 0.163 e. The summed E-state index contributed by atoms with van der Waals surface area (Å²) in [6.45, 7) is 3.77. The molecule has 0 saturated heterocycles. The molecular formula is C23H25NO4. The van der Waals surface area contributed by atoms with Crippen LogP contribution in [0.5, 0.6) is 0 Å². The molecule has 1 aromatic heterocycles. The van der Waals surface area contributed by atoms with E-state index in [0.29, 0.717) is 17.9 Å². The zero-order chi connectivity index (χ0) is 20.6. The molecule has 0 bridgehead atoms. The molecule has 5 nitrogen and oxygen atoms in total. The Bertz CT molecular complexity index is 819. The molecule has 28 heavy (non-hydrogen) atoms. The number of furan rings is 1. The molecule has 0 amide bonds. The summed E-state index contributed by atoms with van der Waals surface area (Å²) in [4.78, 5) is 23.6. The van der Waals surface area contributed by atoms with Crippen LogP contribution in [0.15, 0.2) is 102 Å². The minimum Gasteiger partial charge on any atom is -0.497 e. The van der Waals surface area contributed by atoms with Gasteiger partial charge in [-0.15, -0.1) is 0 Å². The van der Waals surface area contributed by atoms with Crippen LogP contribution in [0, 0.1) is 0 Å². The normalized spacial score (nSPS) is 13.2. The number of hydrogen-bond donors (Lipinski definition) is 1. The molecular weight excluding hydrogens is 354 g/mol. The number of ether oxygens (including phenoxy) is 1. The van der Waals surface area contributed by atoms with Crippen molar-refractivity contribution in [3.05, 3.63) is 103 Å². The van der Waals surface area contributed by atoms with Crippen molar-refractivity contribution in [2.45, 2.75) is 12.8 Å². The van der Waals surface area contributed by atoms with Crippen LogP contribution < -0.4 is 5.73 Å². The summed E-state index contributed by atoms with van der Waals surface area (Å²) >= 11 is 0. The van der Waals surface area contributed by atoms with Crippen molar-refractivity contribution in [3.8, 4) is 0 Å². The van der Waals surface area contributed by atoms with Gasteiger partial charge in [0.25, 0.3) is 0 Å². The lowest BCUT2D eigenvalue weighted by Gasteiger charge is -2.02. The molecule has 5 heteroatoms. The zero-order valence-corrected chi connectivity index (χ0v) is 15.9. The molecule has 0 unspecified atom stereocenters. The molecule has 0 radical (unpaired) electrons. The first-order chi connectivity index (χ1) is 13.6. The van der Waals surface area contributed by atoms with Crippen molar-refractivity contribution in [2.75, 3.05) is 7.11 Å². The van der Waals surface area contributed by atoms with Gasteiger partial charge in [0.05, 0.1) is 19.8 Å². The van der Waals surface area contributed by atoms with Crippen molar-refractivity contribution >= 4 is 17.6 Å². The van der Waals surface area contributed by atoms with E-state index in [1.54, 1.807) is 36.4 Å². The SMILES string of the molecule is C=C\C(=C/C(=C/C=C/C(=O)CC(=O)/C=C/c1ccco1)OC)C/C=C\C=C/N. The molecule has 2 N–H and O–H groups in total. The number of hydrogen-bond acceptors (Lipinski definition) is 5. The summed E-state index contributed by atoms with van der Waals surface area (Å²) in [6, 6.07) is 3.44. The van der Waals surface area contributed by atoms with Crippen LogP contribution >= 0.6 is 0 Å². The molecule has 0 aromatic carbocycles. The number of allylic oxidation sites excluding steroid dienone is 10. The Labute approximate surface area is 165 Å². The first-order valence-electron chi connectivity index (χ1n) is 8.65. The van der Waals surface area contributed by atoms with Gasteiger partial charge in [0.15, 0.2) is 11.6 Å². The van der Waals surface area contributed by atoms with Crippen LogP contribution in [-0.2, 0) is 14.3 Å². The summed E-state index contributed by atoms with van der Waals surface area (Å²) < 4.78 is 10.4.